The lowest BCUT2D eigenvalue weighted by molar-refractivity contribution is -0.142. The first-order chi connectivity index (χ1) is 9.63. The van der Waals surface area contributed by atoms with E-state index in [2.05, 4.69) is 29.0 Å². The Kier molecular flexibility index (Phi) is 4.04. The molecule has 1 amide bonds. The van der Waals surface area contributed by atoms with Gasteiger partial charge in [0.15, 0.2) is 0 Å². The van der Waals surface area contributed by atoms with E-state index in [1.54, 1.807) is 0 Å². The van der Waals surface area contributed by atoms with Gasteiger partial charge in [-0.3, -0.25) is 9.69 Å². The summed E-state index contributed by atoms with van der Waals surface area (Å²) in [5.41, 5.74) is -0.139. The highest BCUT2D eigenvalue weighted by molar-refractivity contribution is 5.84. The summed E-state index contributed by atoms with van der Waals surface area (Å²) in [6.07, 6.45) is 4.86. The van der Waals surface area contributed by atoms with Crippen LogP contribution in [0, 0.1) is 11.3 Å². The molecule has 0 aliphatic carbocycles. The highest BCUT2D eigenvalue weighted by atomic mass is 16.2. The van der Waals surface area contributed by atoms with E-state index in [0.29, 0.717) is 17.9 Å². The second-order valence-corrected chi connectivity index (χ2v) is 7.17. The Bertz CT molecular complexity index is 357. The Labute approximate surface area is 122 Å². The lowest BCUT2D eigenvalue weighted by atomic mass is 9.75. The average Bonchev–Trinajstić information content (AvgIpc) is 3.18. The molecule has 3 aliphatic rings. The Hall–Kier alpha value is -0.610. The molecule has 3 rings (SSSR count). The second kappa shape index (κ2) is 5.64. The fourth-order valence-electron chi connectivity index (χ4n) is 4.28. The van der Waals surface area contributed by atoms with E-state index in [4.69, 9.17) is 0 Å². The van der Waals surface area contributed by atoms with Crippen LogP contribution >= 0.6 is 0 Å². The lowest BCUT2D eigenvalue weighted by Crippen LogP contribution is -2.48. The third-order valence-electron chi connectivity index (χ3n) is 5.83. The highest BCUT2D eigenvalue weighted by Crippen LogP contribution is 2.37. The van der Waals surface area contributed by atoms with Gasteiger partial charge < -0.3 is 10.2 Å². The van der Waals surface area contributed by atoms with E-state index in [1.807, 2.05) is 0 Å². The first-order valence-electron chi connectivity index (χ1n) is 8.37. The first kappa shape index (κ1) is 14.3. The molecule has 0 aromatic rings. The zero-order chi connectivity index (χ0) is 14.2. The summed E-state index contributed by atoms with van der Waals surface area (Å²) in [7, 11) is 0. The van der Waals surface area contributed by atoms with Crippen LogP contribution in [-0.4, -0.2) is 61.0 Å². The Morgan fingerprint density at radius 1 is 1.25 bits per heavy atom. The zero-order valence-electron chi connectivity index (χ0n) is 13.0. The van der Waals surface area contributed by atoms with Crippen LogP contribution in [0.15, 0.2) is 0 Å². The van der Waals surface area contributed by atoms with Crippen LogP contribution < -0.4 is 5.32 Å². The quantitative estimate of drug-likeness (QED) is 0.846. The fraction of sp³-hybridized carbons (Fsp3) is 0.938. The summed E-state index contributed by atoms with van der Waals surface area (Å²) in [6, 6.07) is 0.625. The van der Waals surface area contributed by atoms with Crippen LogP contribution in [-0.2, 0) is 4.79 Å². The SMILES string of the molecule is CC(C)C1(C(=O)N2CCC(N3CCCC3)C2)CCNC1. The maximum absolute atomic E-state index is 13.0. The van der Waals surface area contributed by atoms with Gasteiger partial charge in [-0.1, -0.05) is 13.8 Å². The van der Waals surface area contributed by atoms with Gasteiger partial charge in [0.2, 0.25) is 5.91 Å². The zero-order valence-corrected chi connectivity index (χ0v) is 13.0. The average molecular weight is 279 g/mol. The molecule has 4 nitrogen and oxygen atoms in total. The van der Waals surface area contributed by atoms with Crippen LogP contribution in [0.4, 0.5) is 0 Å². The molecule has 3 heterocycles. The summed E-state index contributed by atoms with van der Waals surface area (Å²) in [5, 5.41) is 3.41. The molecule has 3 fully saturated rings. The molecule has 4 heteroatoms. The minimum Gasteiger partial charge on any atom is -0.341 e. The molecule has 20 heavy (non-hydrogen) atoms. The molecule has 0 radical (unpaired) electrons. The van der Waals surface area contributed by atoms with Crippen LogP contribution in [0.2, 0.25) is 0 Å². The van der Waals surface area contributed by atoms with Crippen molar-refractivity contribution in [1.82, 2.24) is 15.1 Å². The van der Waals surface area contributed by atoms with Gasteiger partial charge in [-0.15, -0.1) is 0 Å². The third-order valence-corrected chi connectivity index (χ3v) is 5.83. The summed E-state index contributed by atoms with van der Waals surface area (Å²) in [4.78, 5) is 17.8. The van der Waals surface area contributed by atoms with Crippen molar-refractivity contribution in [3.8, 4) is 0 Å². The number of carbonyl (C=O) groups excluding carboxylic acids is 1. The molecule has 2 atom stereocenters. The summed E-state index contributed by atoms with van der Waals surface area (Å²) in [6.45, 7) is 10.7. The van der Waals surface area contributed by atoms with Gasteiger partial charge >= 0.3 is 0 Å². The van der Waals surface area contributed by atoms with Crippen molar-refractivity contribution in [3.63, 3.8) is 0 Å². The van der Waals surface area contributed by atoms with E-state index < -0.39 is 0 Å². The van der Waals surface area contributed by atoms with Crippen molar-refractivity contribution in [3.05, 3.63) is 0 Å². The standard InChI is InChI=1S/C16H29N3O/c1-13(2)16(6-7-17-12-16)15(20)19-10-5-14(11-19)18-8-3-4-9-18/h13-14,17H,3-12H2,1-2H3. The molecule has 114 valence electrons. The number of amides is 1. The van der Waals surface area contributed by atoms with Gasteiger partial charge in [-0.2, -0.15) is 0 Å². The minimum absolute atomic E-state index is 0.139. The highest BCUT2D eigenvalue weighted by Gasteiger charge is 2.47. The number of nitrogens with zero attached hydrogens (tertiary/aromatic N) is 2. The normalized spacial score (nSPS) is 35.4. The van der Waals surface area contributed by atoms with Crippen molar-refractivity contribution in [1.29, 1.82) is 0 Å². The number of nitrogens with one attached hydrogen (secondary N) is 1. The number of likely N-dealkylation sites (tertiary alicyclic amines) is 2. The van der Waals surface area contributed by atoms with E-state index in [0.717, 1.165) is 32.6 Å². The molecule has 0 saturated carbocycles. The van der Waals surface area contributed by atoms with Crippen molar-refractivity contribution >= 4 is 5.91 Å². The number of rotatable bonds is 3. The van der Waals surface area contributed by atoms with E-state index in [9.17, 15) is 4.79 Å². The topological polar surface area (TPSA) is 35.6 Å². The summed E-state index contributed by atoms with van der Waals surface area (Å²) < 4.78 is 0. The van der Waals surface area contributed by atoms with Gasteiger partial charge in [0, 0.05) is 25.7 Å². The van der Waals surface area contributed by atoms with Gasteiger partial charge in [0.25, 0.3) is 0 Å². The molecule has 0 spiro atoms. The van der Waals surface area contributed by atoms with Crippen molar-refractivity contribution in [2.75, 3.05) is 39.3 Å². The molecule has 3 saturated heterocycles. The van der Waals surface area contributed by atoms with Gasteiger partial charge in [0.05, 0.1) is 5.41 Å². The Morgan fingerprint density at radius 3 is 2.60 bits per heavy atom. The van der Waals surface area contributed by atoms with Crippen molar-refractivity contribution in [2.45, 2.75) is 45.6 Å². The van der Waals surface area contributed by atoms with Crippen LogP contribution in [0.25, 0.3) is 0 Å². The smallest absolute Gasteiger partial charge is 0.230 e. The summed E-state index contributed by atoms with van der Waals surface area (Å²) in [5.74, 6) is 0.843. The number of carbonyl (C=O) groups is 1. The molecule has 0 aromatic carbocycles. The maximum atomic E-state index is 13.0. The molecule has 2 unspecified atom stereocenters. The third kappa shape index (κ3) is 2.37. The molecule has 0 aromatic heterocycles. The summed E-state index contributed by atoms with van der Waals surface area (Å²) >= 11 is 0. The van der Waals surface area contributed by atoms with Gasteiger partial charge in [-0.05, 0) is 51.2 Å². The predicted octanol–water partition coefficient (Wildman–Crippen LogP) is 1.32. The molecule has 1 N–H and O–H groups in total. The molecule has 3 aliphatic heterocycles. The van der Waals surface area contributed by atoms with Crippen LogP contribution in [0.3, 0.4) is 0 Å². The first-order valence-corrected chi connectivity index (χ1v) is 8.37. The van der Waals surface area contributed by atoms with E-state index >= 15 is 0 Å². The second-order valence-electron chi connectivity index (χ2n) is 7.17. The van der Waals surface area contributed by atoms with Crippen molar-refractivity contribution in [2.24, 2.45) is 11.3 Å². The number of hydrogen-bond acceptors (Lipinski definition) is 3. The molecule has 0 bridgehead atoms. The minimum atomic E-state index is -0.139. The Morgan fingerprint density at radius 2 is 2.00 bits per heavy atom. The molecular weight excluding hydrogens is 250 g/mol. The number of hydrogen-bond donors (Lipinski definition) is 1. The van der Waals surface area contributed by atoms with Gasteiger partial charge in [0.1, 0.15) is 0 Å². The lowest BCUT2D eigenvalue weighted by Gasteiger charge is -2.35. The van der Waals surface area contributed by atoms with Gasteiger partial charge in [-0.25, -0.2) is 0 Å². The molecular formula is C16H29N3O. The fourth-order valence-corrected chi connectivity index (χ4v) is 4.28. The predicted molar refractivity (Wildman–Crippen MR) is 80.5 cm³/mol. The monoisotopic (exact) mass is 279 g/mol. The van der Waals surface area contributed by atoms with E-state index in [1.165, 1.54) is 32.4 Å². The van der Waals surface area contributed by atoms with Crippen LogP contribution in [0.1, 0.15) is 39.5 Å². The maximum Gasteiger partial charge on any atom is 0.230 e. The van der Waals surface area contributed by atoms with Crippen LogP contribution in [0.5, 0.6) is 0 Å². The van der Waals surface area contributed by atoms with E-state index in [-0.39, 0.29) is 5.41 Å². The largest absolute Gasteiger partial charge is 0.341 e. The van der Waals surface area contributed by atoms with Crippen molar-refractivity contribution < 1.29 is 4.79 Å². The Balaban J connectivity index is 1.65.